The number of benzene rings is 2. The van der Waals surface area contributed by atoms with Gasteiger partial charge < -0.3 is 4.98 Å². The van der Waals surface area contributed by atoms with Crippen molar-refractivity contribution in [2.75, 3.05) is 6.54 Å². The summed E-state index contributed by atoms with van der Waals surface area (Å²) in [7, 11) is 0. The van der Waals surface area contributed by atoms with E-state index >= 15 is 0 Å². The van der Waals surface area contributed by atoms with Gasteiger partial charge in [0, 0.05) is 40.8 Å². The number of aryl methyl sites for hydroxylation is 1. The first kappa shape index (κ1) is 20.3. The number of hydrogen-bond acceptors (Lipinski definition) is 3. The van der Waals surface area contributed by atoms with Crippen molar-refractivity contribution in [3.63, 3.8) is 0 Å². The second kappa shape index (κ2) is 8.81. The van der Waals surface area contributed by atoms with E-state index in [1.165, 1.54) is 39.8 Å². The standard InChI is InChI=1S/C24H26FN3O2/c1-16-21(20-6-2-3-7-23(20)26-16)14-19-5-4-12-28(19)15-18-10-8-17(13-22(18)25)9-11-24(29)27-30/h2-3,6-11,13,19,26,30H,4-5,12,14-15H2,1H3,(H,27,29)/b11-9+/t19-/m1/s1. The van der Waals surface area contributed by atoms with Crippen LogP contribution in [0.4, 0.5) is 4.39 Å². The lowest BCUT2D eigenvalue weighted by molar-refractivity contribution is -0.124. The molecule has 4 rings (SSSR count). The summed E-state index contributed by atoms with van der Waals surface area (Å²) >= 11 is 0. The molecule has 1 saturated heterocycles. The molecule has 2 aromatic carbocycles. The summed E-state index contributed by atoms with van der Waals surface area (Å²) in [5, 5.41) is 9.80. The monoisotopic (exact) mass is 407 g/mol. The molecule has 2 heterocycles. The summed E-state index contributed by atoms with van der Waals surface area (Å²) in [6.07, 6.45) is 5.81. The Morgan fingerprint density at radius 1 is 1.33 bits per heavy atom. The highest BCUT2D eigenvalue weighted by atomic mass is 19.1. The summed E-state index contributed by atoms with van der Waals surface area (Å²) in [4.78, 5) is 16.9. The SMILES string of the molecule is Cc1[nH]c2ccccc2c1C[C@H]1CCCN1Cc1ccc(/C=C/C(=O)NO)cc1F. The van der Waals surface area contributed by atoms with Crippen LogP contribution in [-0.4, -0.2) is 33.6 Å². The third-order valence-electron chi connectivity index (χ3n) is 5.95. The van der Waals surface area contributed by atoms with E-state index in [0.29, 0.717) is 23.7 Å². The average molecular weight is 407 g/mol. The number of carbonyl (C=O) groups excluding carboxylic acids is 1. The lowest BCUT2D eigenvalue weighted by Crippen LogP contribution is -2.31. The fourth-order valence-corrected chi connectivity index (χ4v) is 4.39. The summed E-state index contributed by atoms with van der Waals surface area (Å²) in [5.41, 5.74) is 6.47. The highest BCUT2D eigenvalue weighted by molar-refractivity contribution is 5.90. The van der Waals surface area contributed by atoms with Gasteiger partial charge in [0.15, 0.2) is 0 Å². The molecule has 0 aliphatic carbocycles. The quantitative estimate of drug-likeness (QED) is 0.323. The van der Waals surface area contributed by atoms with Crippen molar-refractivity contribution in [3.05, 3.63) is 76.7 Å². The van der Waals surface area contributed by atoms with Crippen LogP contribution in [0.3, 0.4) is 0 Å². The molecule has 1 amide bonds. The molecule has 0 bridgehead atoms. The van der Waals surface area contributed by atoms with Gasteiger partial charge in [-0.05, 0) is 62.1 Å². The Hall–Kier alpha value is -2.96. The van der Waals surface area contributed by atoms with Gasteiger partial charge in [0.05, 0.1) is 0 Å². The molecule has 1 aliphatic heterocycles. The number of aromatic nitrogens is 1. The van der Waals surface area contributed by atoms with E-state index in [9.17, 15) is 9.18 Å². The molecule has 3 aromatic rings. The van der Waals surface area contributed by atoms with Gasteiger partial charge in [-0.3, -0.25) is 14.9 Å². The molecule has 0 saturated carbocycles. The van der Waals surface area contributed by atoms with E-state index in [1.807, 2.05) is 6.07 Å². The highest BCUT2D eigenvalue weighted by Gasteiger charge is 2.27. The normalized spacial score (nSPS) is 17.2. The van der Waals surface area contributed by atoms with Gasteiger partial charge >= 0.3 is 0 Å². The van der Waals surface area contributed by atoms with Crippen molar-refractivity contribution >= 4 is 22.9 Å². The van der Waals surface area contributed by atoms with Crippen molar-refractivity contribution in [2.45, 2.75) is 38.8 Å². The van der Waals surface area contributed by atoms with Crippen LogP contribution in [0.5, 0.6) is 0 Å². The number of aromatic amines is 1. The molecule has 1 aromatic heterocycles. The van der Waals surface area contributed by atoms with Gasteiger partial charge in [-0.1, -0.05) is 30.3 Å². The van der Waals surface area contributed by atoms with E-state index in [1.54, 1.807) is 12.1 Å². The average Bonchev–Trinajstić information content (AvgIpc) is 3.32. The fourth-order valence-electron chi connectivity index (χ4n) is 4.39. The molecule has 6 heteroatoms. The lowest BCUT2D eigenvalue weighted by atomic mass is 10.0. The predicted molar refractivity (Wildman–Crippen MR) is 116 cm³/mol. The number of hydrogen-bond donors (Lipinski definition) is 3. The zero-order valence-electron chi connectivity index (χ0n) is 17.0. The van der Waals surface area contributed by atoms with E-state index in [-0.39, 0.29) is 5.82 Å². The third kappa shape index (κ3) is 4.30. The molecule has 30 heavy (non-hydrogen) atoms. The second-order valence-electron chi connectivity index (χ2n) is 7.91. The first-order chi connectivity index (χ1) is 14.5. The zero-order chi connectivity index (χ0) is 21.1. The number of nitrogens with zero attached hydrogens (tertiary/aromatic N) is 1. The topological polar surface area (TPSA) is 68.4 Å². The summed E-state index contributed by atoms with van der Waals surface area (Å²) in [5.74, 6) is -0.928. The van der Waals surface area contributed by atoms with Gasteiger partial charge in [-0.2, -0.15) is 0 Å². The van der Waals surface area contributed by atoms with E-state index < -0.39 is 5.91 Å². The van der Waals surface area contributed by atoms with Crippen molar-refractivity contribution in [2.24, 2.45) is 0 Å². The van der Waals surface area contributed by atoms with Crippen LogP contribution in [0.1, 0.15) is 35.2 Å². The number of rotatable bonds is 6. The molecular formula is C24H26FN3O2. The molecule has 1 fully saturated rings. The van der Waals surface area contributed by atoms with Crippen molar-refractivity contribution in [3.8, 4) is 0 Å². The van der Waals surface area contributed by atoms with Gasteiger partial charge in [0.25, 0.3) is 5.91 Å². The van der Waals surface area contributed by atoms with E-state index in [4.69, 9.17) is 5.21 Å². The number of hydroxylamine groups is 1. The molecule has 0 radical (unpaired) electrons. The smallest absolute Gasteiger partial charge is 0.267 e. The Kier molecular flexibility index (Phi) is 5.97. The van der Waals surface area contributed by atoms with Crippen molar-refractivity contribution in [1.29, 1.82) is 0 Å². The van der Waals surface area contributed by atoms with Crippen LogP contribution < -0.4 is 5.48 Å². The minimum atomic E-state index is -0.646. The molecule has 1 atom stereocenters. The Bertz CT molecular complexity index is 1090. The van der Waals surface area contributed by atoms with Crippen LogP contribution >= 0.6 is 0 Å². The molecule has 0 unspecified atom stereocenters. The third-order valence-corrected chi connectivity index (χ3v) is 5.95. The summed E-state index contributed by atoms with van der Waals surface area (Å²) < 4.78 is 14.7. The summed E-state index contributed by atoms with van der Waals surface area (Å²) in [6.45, 7) is 3.65. The molecule has 1 aliphatic rings. The lowest BCUT2D eigenvalue weighted by Gasteiger charge is -2.25. The van der Waals surface area contributed by atoms with Crippen molar-refractivity contribution < 1.29 is 14.4 Å². The van der Waals surface area contributed by atoms with Gasteiger partial charge in [0.2, 0.25) is 0 Å². The maximum Gasteiger partial charge on any atom is 0.267 e. The molecule has 5 nitrogen and oxygen atoms in total. The first-order valence-corrected chi connectivity index (χ1v) is 10.3. The highest BCUT2D eigenvalue weighted by Crippen LogP contribution is 2.29. The van der Waals surface area contributed by atoms with Crippen LogP contribution in [0.15, 0.2) is 48.5 Å². The van der Waals surface area contributed by atoms with Crippen LogP contribution in [0.2, 0.25) is 0 Å². The Labute approximate surface area is 175 Å². The van der Waals surface area contributed by atoms with Crippen LogP contribution in [0, 0.1) is 12.7 Å². The van der Waals surface area contributed by atoms with Crippen molar-refractivity contribution in [1.82, 2.24) is 15.4 Å². The number of H-pyrrole nitrogens is 1. The van der Waals surface area contributed by atoms with Crippen LogP contribution in [-0.2, 0) is 17.8 Å². The molecule has 3 N–H and O–H groups in total. The molecule has 156 valence electrons. The first-order valence-electron chi connectivity index (χ1n) is 10.3. The van der Waals surface area contributed by atoms with Gasteiger partial charge in [-0.25, -0.2) is 9.87 Å². The Morgan fingerprint density at radius 2 is 2.17 bits per heavy atom. The minimum Gasteiger partial charge on any atom is -0.358 e. The number of para-hydroxylation sites is 1. The second-order valence-corrected chi connectivity index (χ2v) is 7.91. The predicted octanol–water partition coefficient (Wildman–Crippen LogP) is 4.34. The van der Waals surface area contributed by atoms with E-state index in [0.717, 1.165) is 31.9 Å². The molecular weight excluding hydrogens is 381 g/mol. The Morgan fingerprint density at radius 3 is 2.97 bits per heavy atom. The number of halogens is 1. The zero-order valence-corrected chi connectivity index (χ0v) is 17.0. The number of carbonyl (C=O) groups is 1. The van der Waals surface area contributed by atoms with Gasteiger partial charge in [0.1, 0.15) is 5.82 Å². The summed E-state index contributed by atoms with van der Waals surface area (Å²) in [6, 6.07) is 13.8. The molecule has 0 spiro atoms. The van der Waals surface area contributed by atoms with E-state index in [2.05, 4.69) is 35.0 Å². The maximum atomic E-state index is 14.7. The van der Waals surface area contributed by atoms with Crippen LogP contribution in [0.25, 0.3) is 17.0 Å². The number of amides is 1. The number of nitrogens with one attached hydrogen (secondary N) is 2. The van der Waals surface area contributed by atoms with Gasteiger partial charge in [-0.15, -0.1) is 0 Å². The fraction of sp³-hybridized carbons (Fsp3) is 0.292. The maximum absolute atomic E-state index is 14.7. The number of likely N-dealkylation sites (tertiary alicyclic amines) is 1. The number of fused-ring (bicyclic) bond motifs is 1. The largest absolute Gasteiger partial charge is 0.358 e. The Balaban J connectivity index is 1.48. The minimum absolute atomic E-state index is 0.282.